The molecule has 104 valence electrons. The molecule has 0 radical (unpaired) electrons. The van der Waals surface area contributed by atoms with Crippen molar-refractivity contribution in [2.45, 2.75) is 52.1 Å². The van der Waals surface area contributed by atoms with Crippen LogP contribution in [0.1, 0.15) is 38.5 Å². The lowest BCUT2D eigenvalue weighted by Gasteiger charge is -2.26. The predicted molar refractivity (Wildman–Crippen MR) is 82.5 cm³/mol. The molecule has 1 rings (SSSR count). The highest BCUT2D eigenvalue weighted by Gasteiger charge is 2.10. The Labute approximate surface area is 116 Å². The fourth-order valence-corrected chi connectivity index (χ4v) is 2.72. The molecule has 0 aliphatic rings. The molecule has 0 saturated heterocycles. The zero-order valence-electron chi connectivity index (χ0n) is 12.3. The number of nitrogens with zero attached hydrogens (tertiary/aromatic N) is 1. The first-order valence-corrected chi connectivity index (χ1v) is 7.97. The van der Waals surface area contributed by atoms with Crippen LogP contribution in [0.15, 0.2) is 17.5 Å². The molecule has 2 nitrogen and oxygen atoms in total. The maximum Gasteiger partial charge on any atom is 0.0189 e. The van der Waals surface area contributed by atoms with Crippen LogP contribution in [0.4, 0.5) is 0 Å². The van der Waals surface area contributed by atoms with Crippen LogP contribution < -0.4 is 5.32 Å². The van der Waals surface area contributed by atoms with E-state index in [1.54, 1.807) is 0 Å². The summed E-state index contributed by atoms with van der Waals surface area (Å²) in [6.45, 7) is 9.06. The van der Waals surface area contributed by atoms with Gasteiger partial charge in [0, 0.05) is 30.1 Å². The number of thiophene rings is 1. The number of hydrogen-bond donors (Lipinski definition) is 1. The van der Waals surface area contributed by atoms with Gasteiger partial charge < -0.3 is 10.2 Å². The zero-order valence-corrected chi connectivity index (χ0v) is 13.1. The molecule has 0 saturated carbocycles. The minimum atomic E-state index is 0.601. The molecule has 0 aromatic carbocycles. The van der Waals surface area contributed by atoms with E-state index in [9.17, 15) is 0 Å². The first kappa shape index (κ1) is 15.7. The molecule has 18 heavy (non-hydrogen) atoms. The third kappa shape index (κ3) is 5.98. The van der Waals surface area contributed by atoms with Crippen LogP contribution in [0.25, 0.3) is 0 Å². The maximum absolute atomic E-state index is 3.62. The van der Waals surface area contributed by atoms with Gasteiger partial charge in [0.05, 0.1) is 0 Å². The summed E-state index contributed by atoms with van der Waals surface area (Å²) in [7, 11) is 2.23. The summed E-state index contributed by atoms with van der Waals surface area (Å²) in [5.41, 5.74) is 0. The van der Waals surface area contributed by atoms with Crippen LogP contribution in [0.3, 0.4) is 0 Å². The topological polar surface area (TPSA) is 15.3 Å². The first-order chi connectivity index (χ1) is 8.63. The van der Waals surface area contributed by atoms with Crippen molar-refractivity contribution in [1.82, 2.24) is 10.2 Å². The molecule has 2 atom stereocenters. The molecular formula is C15H28N2S. The van der Waals surface area contributed by atoms with Crippen LogP contribution in [-0.2, 0) is 6.42 Å². The van der Waals surface area contributed by atoms with Gasteiger partial charge in [0.15, 0.2) is 0 Å². The van der Waals surface area contributed by atoms with Crippen molar-refractivity contribution < 1.29 is 0 Å². The number of rotatable bonds is 9. The van der Waals surface area contributed by atoms with Crippen molar-refractivity contribution in [1.29, 1.82) is 0 Å². The summed E-state index contributed by atoms with van der Waals surface area (Å²) in [6, 6.07) is 5.61. The standard InChI is InChI=1S/C15H28N2S/c1-5-7-13(2)16-12-14(3)17(4)10-9-15-8-6-11-18-15/h6,8,11,13-14,16H,5,7,9-10,12H2,1-4H3. The minimum absolute atomic E-state index is 0.601. The van der Waals surface area contributed by atoms with Gasteiger partial charge in [-0.25, -0.2) is 0 Å². The zero-order chi connectivity index (χ0) is 13.4. The second kappa shape index (κ2) is 8.68. The van der Waals surface area contributed by atoms with E-state index in [0.29, 0.717) is 12.1 Å². The summed E-state index contributed by atoms with van der Waals surface area (Å²) in [6.07, 6.45) is 3.70. The van der Waals surface area contributed by atoms with Crippen molar-refractivity contribution >= 4 is 11.3 Å². The Morgan fingerprint density at radius 2 is 2.17 bits per heavy atom. The smallest absolute Gasteiger partial charge is 0.0189 e. The minimum Gasteiger partial charge on any atom is -0.313 e. The molecule has 0 aliphatic heterocycles. The molecule has 1 aromatic heterocycles. The molecule has 1 N–H and O–H groups in total. The van der Waals surface area contributed by atoms with Crippen molar-refractivity contribution in [2.75, 3.05) is 20.1 Å². The quantitative estimate of drug-likeness (QED) is 0.738. The fraction of sp³-hybridized carbons (Fsp3) is 0.733. The summed E-state index contributed by atoms with van der Waals surface area (Å²) in [5.74, 6) is 0. The highest BCUT2D eigenvalue weighted by Crippen LogP contribution is 2.10. The van der Waals surface area contributed by atoms with E-state index in [2.05, 4.69) is 55.5 Å². The van der Waals surface area contributed by atoms with Gasteiger partial charge >= 0.3 is 0 Å². The van der Waals surface area contributed by atoms with Crippen LogP contribution in [0.5, 0.6) is 0 Å². The normalized spacial score (nSPS) is 14.9. The molecule has 0 bridgehead atoms. The Bertz CT molecular complexity index is 297. The molecule has 0 fully saturated rings. The van der Waals surface area contributed by atoms with Gasteiger partial charge in [0.1, 0.15) is 0 Å². The third-order valence-electron chi connectivity index (χ3n) is 3.53. The van der Waals surface area contributed by atoms with E-state index in [-0.39, 0.29) is 0 Å². The number of likely N-dealkylation sites (N-methyl/N-ethyl adjacent to an activating group) is 1. The van der Waals surface area contributed by atoms with E-state index >= 15 is 0 Å². The van der Waals surface area contributed by atoms with E-state index in [1.165, 1.54) is 24.1 Å². The van der Waals surface area contributed by atoms with Crippen molar-refractivity contribution in [2.24, 2.45) is 0 Å². The third-order valence-corrected chi connectivity index (χ3v) is 4.46. The van der Waals surface area contributed by atoms with E-state index in [1.807, 2.05) is 11.3 Å². The van der Waals surface area contributed by atoms with Gasteiger partial charge in [-0.05, 0) is 45.2 Å². The molecule has 1 aromatic rings. The van der Waals surface area contributed by atoms with Gasteiger partial charge in [-0.1, -0.05) is 19.4 Å². The van der Waals surface area contributed by atoms with Crippen LogP contribution in [-0.4, -0.2) is 37.1 Å². The molecule has 0 aliphatic carbocycles. The SMILES string of the molecule is CCCC(C)NCC(C)N(C)CCc1cccs1. The molecule has 1 heterocycles. The number of nitrogens with one attached hydrogen (secondary N) is 1. The van der Waals surface area contributed by atoms with E-state index < -0.39 is 0 Å². The van der Waals surface area contributed by atoms with Gasteiger partial charge in [-0.2, -0.15) is 0 Å². The first-order valence-electron chi connectivity index (χ1n) is 7.09. The van der Waals surface area contributed by atoms with Crippen LogP contribution in [0, 0.1) is 0 Å². The lowest BCUT2D eigenvalue weighted by atomic mass is 10.2. The highest BCUT2D eigenvalue weighted by molar-refractivity contribution is 7.09. The summed E-state index contributed by atoms with van der Waals surface area (Å²) in [4.78, 5) is 3.94. The molecule has 0 amide bonds. The average molecular weight is 268 g/mol. The Kier molecular flexibility index (Phi) is 7.56. The van der Waals surface area contributed by atoms with E-state index in [0.717, 1.165) is 13.1 Å². The van der Waals surface area contributed by atoms with Gasteiger partial charge in [-0.15, -0.1) is 11.3 Å². The molecule has 0 spiro atoms. The van der Waals surface area contributed by atoms with Crippen molar-refractivity contribution in [3.8, 4) is 0 Å². The number of hydrogen-bond acceptors (Lipinski definition) is 3. The second-order valence-corrected chi connectivity index (χ2v) is 6.29. The Hall–Kier alpha value is -0.380. The lowest BCUT2D eigenvalue weighted by molar-refractivity contribution is 0.248. The Balaban J connectivity index is 2.18. The average Bonchev–Trinajstić information content (AvgIpc) is 2.86. The summed E-state index contributed by atoms with van der Waals surface area (Å²) in [5, 5.41) is 5.78. The van der Waals surface area contributed by atoms with Crippen LogP contribution in [0.2, 0.25) is 0 Å². The van der Waals surface area contributed by atoms with Crippen molar-refractivity contribution in [3.05, 3.63) is 22.4 Å². The van der Waals surface area contributed by atoms with Gasteiger partial charge in [0.2, 0.25) is 0 Å². The Morgan fingerprint density at radius 1 is 1.39 bits per heavy atom. The fourth-order valence-electron chi connectivity index (χ4n) is 2.02. The van der Waals surface area contributed by atoms with Gasteiger partial charge in [0.25, 0.3) is 0 Å². The largest absolute Gasteiger partial charge is 0.313 e. The predicted octanol–water partition coefficient (Wildman–Crippen LogP) is 3.39. The second-order valence-electron chi connectivity index (χ2n) is 5.26. The van der Waals surface area contributed by atoms with E-state index in [4.69, 9.17) is 0 Å². The Morgan fingerprint density at radius 3 is 2.78 bits per heavy atom. The van der Waals surface area contributed by atoms with Crippen molar-refractivity contribution in [3.63, 3.8) is 0 Å². The summed E-state index contributed by atoms with van der Waals surface area (Å²) < 4.78 is 0. The monoisotopic (exact) mass is 268 g/mol. The summed E-state index contributed by atoms with van der Waals surface area (Å²) >= 11 is 1.86. The lowest BCUT2D eigenvalue weighted by Crippen LogP contribution is -2.41. The van der Waals surface area contributed by atoms with Gasteiger partial charge in [-0.3, -0.25) is 0 Å². The van der Waals surface area contributed by atoms with Crippen LogP contribution >= 0.6 is 11.3 Å². The maximum atomic E-state index is 3.62. The highest BCUT2D eigenvalue weighted by atomic mass is 32.1. The molecular weight excluding hydrogens is 240 g/mol. The molecule has 2 unspecified atom stereocenters. The molecule has 3 heteroatoms.